The van der Waals surface area contributed by atoms with Crippen molar-refractivity contribution in [2.75, 3.05) is 12.4 Å². The van der Waals surface area contributed by atoms with Gasteiger partial charge in [-0.2, -0.15) is 0 Å². The fourth-order valence-electron chi connectivity index (χ4n) is 1.61. The zero-order valence-electron chi connectivity index (χ0n) is 10.8. The van der Waals surface area contributed by atoms with Gasteiger partial charge in [0.05, 0.1) is 4.90 Å². The molecule has 3 nitrogen and oxygen atoms in total. The summed E-state index contributed by atoms with van der Waals surface area (Å²) >= 11 is 1.09. The molecule has 0 atom stereocenters. The Morgan fingerprint density at radius 1 is 1.16 bits per heavy atom. The highest BCUT2D eigenvalue weighted by Crippen LogP contribution is 2.33. The number of benzene rings is 1. The van der Waals surface area contributed by atoms with Crippen molar-refractivity contribution in [1.82, 2.24) is 9.97 Å². The van der Waals surface area contributed by atoms with Crippen molar-refractivity contribution in [2.24, 2.45) is 0 Å². The van der Waals surface area contributed by atoms with Crippen molar-refractivity contribution >= 4 is 17.6 Å². The Balaban J connectivity index is 2.43. The second kappa shape index (κ2) is 5.52. The van der Waals surface area contributed by atoms with Gasteiger partial charge in [0.2, 0.25) is 0 Å². The second-order valence-corrected chi connectivity index (χ2v) is 5.01. The fourth-order valence-corrected chi connectivity index (χ4v) is 2.58. The van der Waals surface area contributed by atoms with Crippen molar-refractivity contribution < 1.29 is 8.78 Å². The van der Waals surface area contributed by atoms with Crippen LogP contribution in [0.15, 0.2) is 28.1 Å². The maximum Gasteiger partial charge on any atom is 0.137 e. The third-order valence-corrected chi connectivity index (χ3v) is 3.67. The van der Waals surface area contributed by atoms with Crippen LogP contribution in [0, 0.1) is 25.5 Å². The van der Waals surface area contributed by atoms with E-state index in [2.05, 4.69) is 15.3 Å². The van der Waals surface area contributed by atoms with Gasteiger partial charge in [0.1, 0.15) is 28.3 Å². The van der Waals surface area contributed by atoms with E-state index in [1.165, 1.54) is 0 Å². The molecule has 1 aromatic heterocycles. The van der Waals surface area contributed by atoms with Crippen LogP contribution in [0.25, 0.3) is 0 Å². The van der Waals surface area contributed by atoms with Crippen molar-refractivity contribution in [3.63, 3.8) is 0 Å². The second-order valence-electron chi connectivity index (χ2n) is 3.98. The molecule has 0 fully saturated rings. The molecule has 0 aliphatic heterocycles. The van der Waals surface area contributed by atoms with Gasteiger partial charge in [-0.15, -0.1) is 0 Å². The molecular formula is C13H13F2N3S. The maximum atomic E-state index is 13.6. The first-order valence-electron chi connectivity index (χ1n) is 5.67. The predicted octanol–water partition coefficient (Wildman–Crippen LogP) is 3.56. The normalized spacial score (nSPS) is 10.6. The summed E-state index contributed by atoms with van der Waals surface area (Å²) in [6.07, 6.45) is 0. The topological polar surface area (TPSA) is 37.8 Å². The Labute approximate surface area is 114 Å². The zero-order valence-corrected chi connectivity index (χ0v) is 11.6. The van der Waals surface area contributed by atoms with E-state index in [0.29, 0.717) is 16.7 Å². The maximum absolute atomic E-state index is 13.6. The molecule has 0 saturated carbocycles. The number of nitrogens with one attached hydrogen (secondary N) is 1. The van der Waals surface area contributed by atoms with E-state index in [4.69, 9.17) is 0 Å². The summed E-state index contributed by atoms with van der Waals surface area (Å²) in [7, 11) is 1.76. The van der Waals surface area contributed by atoms with E-state index in [-0.39, 0.29) is 4.90 Å². The van der Waals surface area contributed by atoms with E-state index >= 15 is 0 Å². The van der Waals surface area contributed by atoms with Crippen LogP contribution in [-0.2, 0) is 0 Å². The van der Waals surface area contributed by atoms with Crippen LogP contribution in [0.2, 0.25) is 0 Å². The van der Waals surface area contributed by atoms with Crippen LogP contribution in [0.3, 0.4) is 0 Å². The standard InChI is InChI=1S/C13H13F2N3S/c1-7-12(16-3)17-8(2)18-13(7)19-11-6-9(14)4-5-10(11)15/h4-6H,1-3H3,(H,16,17,18). The number of hydrogen-bond acceptors (Lipinski definition) is 4. The highest BCUT2D eigenvalue weighted by Gasteiger charge is 2.12. The number of halogens is 2. The van der Waals surface area contributed by atoms with Crippen LogP contribution in [0.1, 0.15) is 11.4 Å². The molecule has 0 saturated heterocycles. The van der Waals surface area contributed by atoms with E-state index in [0.717, 1.165) is 35.5 Å². The van der Waals surface area contributed by atoms with Crippen molar-refractivity contribution in [2.45, 2.75) is 23.8 Å². The van der Waals surface area contributed by atoms with Gasteiger partial charge >= 0.3 is 0 Å². The van der Waals surface area contributed by atoms with Crippen LogP contribution in [-0.4, -0.2) is 17.0 Å². The quantitative estimate of drug-likeness (QED) is 0.873. The van der Waals surface area contributed by atoms with E-state index < -0.39 is 11.6 Å². The molecule has 2 aromatic rings. The third kappa shape index (κ3) is 3.01. The molecule has 0 aliphatic rings. The summed E-state index contributed by atoms with van der Waals surface area (Å²) < 4.78 is 26.8. The van der Waals surface area contributed by atoms with E-state index in [9.17, 15) is 8.78 Å². The first-order valence-corrected chi connectivity index (χ1v) is 6.49. The number of aryl methyl sites for hydroxylation is 1. The fraction of sp³-hybridized carbons (Fsp3) is 0.231. The molecule has 1 heterocycles. The van der Waals surface area contributed by atoms with Gasteiger partial charge < -0.3 is 5.32 Å². The molecular weight excluding hydrogens is 268 g/mol. The predicted molar refractivity (Wildman–Crippen MR) is 71.5 cm³/mol. The van der Waals surface area contributed by atoms with Gasteiger partial charge in [-0.1, -0.05) is 11.8 Å². The minimum atomic E-state index is -0.471. The molecule has 100 valence electrons. The number of rotatable bonds is 3. The Hall–Kier alpha value is -1.69. The first-order chi connectivity index (χ1) is 9.01. The van der Waals surface area contributed by atoms with Gasteiger partial charge in [0.25, 0.3) is 0 Å². The Morgan fingerprint density at radius 3 is 2.58 bits per heavy atom. The monoisotopic (exact) mass is 281 g/mol. The van der Waals surface area contributed by atoms with Crippen molar-refractivity contribution in [3.8, 4) is 0 Å². The largest absolute Gasteiger partial charge is 0.373 e. The lowest BCUT2D eigenvalue weighted by atomic mass is 10.3. The Kier molecular flexibility index (Phi) is 3.99. The lowest BCUT2D eigenvalue weighted by Gasteiger charge is -2.10. The van der Waals surface area contributed by atoms with Crippen molar-refractivity contribution in [3.05, 3.63) is 41.2 Å². The van der Waals surface area contributed by atoms with Crippen LogP contribution >= 0.6 is 11.8 Å². The molecule has 0 bridgehead atoms. The lowest BCUT2D eigenvalue weighted by Crippen LogP contribution is -2.02. The number of nitrogens with zero attached hydrogens (tertiary/aromatic N) is 2. The minimum Gasteiger partial charge on any atom is -0.373 e. The number of hydrogen-bond donors (Lipinski definition) is 1. The summed E-state index contributed by atoms with van der Waals surface area (Å²) in [6.45, 7) is 3.59. The molecule has 19 heavy (non-hydrogen) atoms. The molecule has 0 aliphatic carbocycles. The molecule has 0 spiro atoms. The summed E-state index contributed by atoms with van der Waals surface area (Å²) in [6, 6.07) is 3.37. The van der Waals surface area contributed by atoms with E-state index in [1.54, 1.807) is 14.0 Å². The summed E-state index contributed by atoms with van der Waals surface area (Å²) in [5.41, 5.74) is 0.807. The van der Waals surface area contributed by atoms with E-state index in [1.807, 2.05) is 6.92 Å². The average molecular weight is 281 g/mol. The number of aromatic nitrogens is 2. The van der Waals surface area contributed by atoms with Crippen LogP contribution in [0.5, 0.6) is 0 Å². The molecule has 0 amide bonds. The smallest absolute Gasteiger partial charge is 0.137 e. The SMILES string of the molecule is CNc1nc(C)nc(Sc2cc(F)ccc2F)c1C. The van der Waals surface area contributed by atoms with Crippen molar-refractivity contribution in [1.29, 1.82) is 0 Å². The van der Waals surface area contributed by atoms with Gasteiger partial charge in [0, 0.05) is 12.6 Å². The minimum absolute atomic E-state index is 0.211. The Morgan fingerprint density at radius 2 is 1.89 bits per heavy atom. The molecule has 1 aromatic carbocycles. The lowest BCUT2D eigenvalue weighted by molar-refractivity contribution is 0.577. The van der Waals surface area contributed by atoms with Gasteiger partial charge in [-0.3, -0.25) is 0 Å². The Bertz CT molecular complexity index is 617. The summed E-state index contributed by atoms with van der Waals surface area (Å²) in [5.74, 6) is 0.329. The molecule has 0 unspecified atom stereocenters. The molecule has 0 radical (unpaired) electrons. The first kappa shape index (κ1) is 13.7. The van der Waals surface area contributed by atoms with Gasteiger partial charge in [0.15, 0.2) is 0 Å². The zero-order chi connectivity index (χ0) is 14.0. The third-order valence-electron chi connectivity index (χ3n) is 2.55. The summed E-state index contributed by atoms with van der Waals surface area (Å²) in [5, 5.41) is 3.57. The van der Waals surface area contributed by atoms with Crippen LogP contribution < -0.4 is 5.32 Å². The molecule has 1 N–H and O–H groups in total. The summed E-state index contributed by atoms with van der Waals surface area (Å²) in [4.78, 5) is 8.71. The molecule has 6 heteroatoms. The highest BCUT2D eigenvalue weighted by molar-refractivity contribution is 7.99. The van der Waals surface area contributed by atoms with Crippen LogP contribution in [0.4, 0.5) is 14.6 Å². The molecule has 2 rings (SSSR count). The number of anilines is 1. The highest BCUT2D eigenvalue weighted by atomic mass is 32.2. The average Bonchev–Trinajstić information content (AvgIpc) is 2.37. The van der Waals surface area contributed by atoms with Gasteiger partial charge in [-0.05, 0) is 32.0 Å². The van der Waals surface area contributed by atoms with Gasteiger partial charge in [-0.25, -0.2) is 18.7 Å².